The Kier molecular flexibility index (Phi) is 5.79. The van der Waals surface area contributed by atoms with Crippen LogP contribution < -0.4 is 0 Å². The van der Waals surface area contributed by atoms with Gasteiger partial charge in [-0.15, -0.1) is 0 Å². The van der Waals surface area contributed by atoms with Crippen molar-refractivity contribution in [3.63, 3.8) is 0 Å². The summed E-state index contributed by atoms with van der Waals surface area (Å²) in [6, 6.07) is 8.81. The van der Waals surface area contributed by atoms with Crippen LogP contribution in [0.1, 0.15) is 19.4 Å². The number of carbonyl (C=O) groups is 2. The van der Waals surface area contributed by atoms with Gasteiger partial charge in [0.2, 0.25) is 0 Å². The van der Waals surface area contributed by atoms with Crippen molar-refractivity contribution < 1.29 is 19.1 Å². The predicted molar refractivity (Wildman–Crippen MR) is 70.9 cm³/mol. The summed E-state index contributed by atoms with van der Waals surface area (Å²) in [6.07, 6.45) is 0. The van der Waals surface area contributed by atoms with Gasteiger partial charge in [-0.3, -0.25) is 9.59 Å². The van der Waals surface area contributed by atoms with E-state index in [0.29, 0.717) is 5.56 Å². The van der Waals surface area contributed by atoms with E-state index in [0.717, 1.165) is 0 Å². The first-order valence-corrected chi connectivity index (χ1v) is 6.12. The van der Waals surface area contributed by atoms with Gasteiger partial charge < -0.3 is 9.47 Å². The Balaban J connectivity index is 2.99. The maximum Gasteiger partial charge on any atom is 0.324 e. The second-order valence-corrected chi connectivity index (χ2v) is 3.76. The molecule has 0 aromatic heterocycles. The number of esters is 2. The summed E-state index contributed by atoms with van der Waals surface area (Å²) in [5, 5.41) is 0. The van der Waals surface area contributed by atoms with Crippen molar-refractivity contribution in [2.45, 2.75) is 13.8 Å². The van der Waals surface area contributed by atoms with Crippen LogP contribution in [-0.4, -0.2) is 25.2 Å². The fourth-order valence-corrected chi connectivity index (χ4v) is 1.60. The standard InChI is InChI=1S/C15H17O4/c1-4-18-14(16)13(15(17)19-5-2)11(3)12-9-7-6-8-10-12/h3,6-10,13H,4-5H2,1-2H3. The summed E-state index contributed by atoms with van der Waals surface area (Å²) in [7, 11) is 0. The number of rotatable bonds is 6. The zero-order chi connectivity index (χ0) is 14.3. The molecule has 0 bridgehead atoms. The van der Waals surface area contributed by atoms with Crippen molar-refractivity contribution in [1.29, 1.82) is 0 Å². The molecule has 0 N–H and O–H groups in total. The molecule has 0 fully saturated rings. The highest BCUT2D eigenvalue weighted by Crippen LogP contribution is 2.24. The molecule has 19 heavy (non-hydrogen) atoms. The second-order valence-electron chi connectivity index (χ2n) is 3.76. The van der Waals surface area contributed by atoms with E-state index >= 15 is 0 Å². The van der Waals surface area contributed by atoms with Crippen LogP contribution in [0.4, 0.5) is 0 Å². The molecule has 1 aromatic rings. The van der Waals surface area contributed by atoms with Crippen molar-refractivity contribution in [3.8, 4) is 0 Å². The van der Waals surface area contributed by atoms with Gasteiger partial charge in [-0.1, -0.05) is 36.9 Å². The molecular formula is C15H17O4. The Bertz CT molecular complexity index is 432. The largest absolute Gasteiger partial charge is 0.465 e. The first kappa shape index (κ1) is 15.0. The molecular weight excluding hydrogens is 244 g/mol. The lowest BCUT2D eigenvalue weighted by Crippen LogP contribution is -2.29. The van der Waals surface area contributed by atoms with E-state index in [1.54, 1.807) is 38.1 Å². The molecule has 0 atom stereocenters. The smallest absolute Gasteiger partial charge is 0.324 e. The number of benzene rings is 1. The minimum Gasteiger partial charge on any atom is -0.465 e. The monoisotopic (exact) mass is 261 g/mol. The van der Waals surface area contributed by atoms with Crippen molar-refractivity contribution in [2.24, 2.45) is 5.92 Å². The molecule has 0 aliphatic carbocycles. The minimum absolute atomic E-state index is 0.137. The van der Waals surface area contributed by atoms with Crippen LogP contribution in [0.2, 0.25) is 0 Å². The van der Waals surface area contributed by atoms with E-state index in [1.165, 1.54) is 0 Å². The first-order chi connectivity index (χ1) is 9.11. The molecule has 0 heterocycles. The van der Waals surface area contributed by atoms with Gasteiger partial charge in [0.05, 0.1) is 13.2 Å². The van der Waals surface area contributed by atoms with Crippen molar-refractivity contribution >= 4 is 17.5 Å². The fraction of sp³-hybridized carbons (Fsp3) is 0.333. The molecule has 0 saturated carbocycles. The molecule has 0 unspecified atom stereocenters. The fourth-order valence-electron chi connectivity index (χ4n) is 1.60. The van der Waals surface area contributed by atoms with Gasteiger partial charge in [0.1, 0.15) is 0 Å². The van der Waals surface area contributed by atoms with Gasteiger partial charge in [-0.2, -0.15) is 0 Å². The van der Waals surface area contributed by atoms with Gasteiger partial charge in [0.25, 0.3) is 0 Å². The average Bonchev–Trinajstić information content (AvgIpc) is 2.40. The molecule has 1 radical (unpaired) electrons. The molecule has 4 nitrogen and oxygen atoms in total. The molecule has 4 heteroatoms. The maximum atomic E-state index is 11.9. The summed E-state index contributed by atoms with van der Waals surface area (Å²) >= 11 is 0. The Morgan fingerprint density at radius 2 is 1.53 bits per heavy atom. The third kappa shape index (κ3) is 3.95. The zero-order valence-electron chi connectivity index (χ0n) is 11.1. The third-order valence-electron chi connectivity index (χ3n) is 2.46. The SMILES string of the molecule is [CH]=C(c1ccccc1)C(C(=O)OCC)C(=O)OCC. The highest BCUT2D eigenvalue weighted by atomic mass is 16.6. The first-order valence-electron chi connectivity index (χ1n) is 6.12. The van der Waals surface area contributed by atoms with Crippen LogP contribution in [0.15, 0.2) is 30.3 Å². The van der Waals surface area contributed by atoms with E-state index in [-0.39, 0.29) is 18.8 Å². The van der Waals surface area contributed by atoms with Crippen molar-refractivity contribution in [1.82, 2.24) is 0 Å². The highest BCUT2D eigenvalue weighted by molar-refractivity contribution is 6.06. The lowest BCUT2D eigenvalue weighted by atomic mass is 9.94. The molecule has 1 rings (SSSR count). The van der Waals surface area contributed by atoms with Crippen molar-refractivity contribution in [2.75, 3.05) is 13.2 Å². The Labute approximate surface area is 113 Å². The summed E-state index contributed by atoms with van der Waals surface area (Å²) in [5.74, 6) is -2.60. The van der Waals surface area contributed by atoms with Crippen LogP contribution in [0.5, 0.6) is 0 Å². The van der Waals surface area contributed by atoms with E-state index in [2.05, 4.69) is 0 Å². The summed E-state index contributed by atoms with van der Waals surface area (Å²) in [4.78, 5) is 23.7. The van der Waals surface area contributed by atoms with Crippen LogP contribution in [0.25, 0.3) is 5.57 Å². The van der Waals surface area contributed by atoms with Crippen LogP contribution in [0, 0.1) is 12.5 Å². The maximum absolute atomic E-state index is 11.9. The van der Waals surface area contributed by atoms with E-state index in [1.807, 2.05) is 6.07 Å². The lowest BCUT2D eigenvalue weighted by Gasteiger charge is -2.16. The van der Waals surface area contributed by atoms with Gasteiger partial charge in [-0.05, 0) is 25.0 Å². The number of carbonyl (C=O) groups excluding carboxylic acids is 2. The predicted octanol–water partition coefficient (Wildman–Crippen LogP) is 2.25. The van der Waals surface area contributed by atoms with Gasteiger partial charge >= 0.3 is 11.9 Å². The molecule has 0 spiro atoms. The second kappa shape index (κ2) is 7.36. The van der Waals surface area contributed by atoms with Crippen LogP contribution in [-0.2, 0) is 19.1 Å². The molecule has 0 aliphatic heterocycles. The molecule has 1 aromatic carbocycles. The lowest BCUT2D eigenvalue weighted by molar-refractivity contribution is -0.158. The average molecular weight is 261 g/mol. The third-order valence-corrected chi connectivity index (χ3v) is 2.46. The normalized spacial score (nSPS) is 10.1. The Morgan fingerprint density at radius 3 is 1.95 bits per heavy atom. The molecule has 101 valence electrons. The Morgan fingerprint density at radius 1 is 1.05 bits per heavy atom. The zero-order valence-corrected chi connectivity index (χ0v) is 11.1. The summed E-state index contributed by atoms with van der Waals surface area (Å²) in [6.45, 7) is 9.60. The molecule has 0 aliphatic rings. The van der Waals surface area contributed by atoms with Crippen LogP contribution >= 0.6 is 0 Å². The topological polar surface area (TPSA) is 52.6 Å². The Hall–Kier alpha value is -2.10. The summed E-state index contributed by atoms with van der Waals surface area (Å²) < 4.78 is 9.75. The van der Waals surface area contributed by atoms with Gasteiger partial charge in [0.15, 0.2) is 5.92 Å². The summed E-state index contributed by atoms with van der Waals surface area (Å²) in [5.41, 5.74) is 0.742. The highest BCUT2D eigenvalue weighted by Gasteiger charge is 2.33. The molecule has 0 saturated heterocycles. The number of ether oxygens (including phenoxy) is 2. The minimum atomic E-state index is -1.22. The van der Waals surface area contributed by atoms with E-state index < -0.39 is 17.9 Å². The van der Waals surface area contributed by atoms with E-state index in [9.17, 15) is 9.59 Å². The van der Waals surface area contributed by atoms with Gasteiger partial charge in [-0.25, -0.2) is 0 Å². The van der Waals surface area contributed by atoms with Crippen molar-refractivity contribution in [3.05, 3.63) is 42.5 Å². The quantitative estimate of drug-likeness (QED) is 0.582. The van der Waals surface area contributed by atoms with E-state index in [4.69, 9.17) is 16.1 Å². The molecule has 0 amide bonds. The van der Waals surface area contributed by atoms with Gasteiger partial charge in [0, 0.05) is 0 Å². The number of hydrogen-bond acceptors (Lipinski definition) is 4. The number of hydrogen-bond donors (Lipinski definition) is 0. The van der Waals surface area contributed by atoms with Crippen LogP contribution in [0.3, 0.4) is 0 Å².